The van der Waals surface area contributed by atoms with E-state index in [1.807, 2.05) is 42.3 Å². The number of likely N-dealkylation sites (tertiary alicyclic amines) is 1. The van der Waals surface area contributed by atoms with Gasteiger partial charge in [0.25, 0.3) is 5.91 Å². The van der Waals surface area contributed by atoms with Gasteiger partial charge in [-0.25, -0.2) is 0 Å². The van der Waals surface area contributed by atoms with Gasteiger partial charge in [0, 0.05) is 18.8 Å². The molecule has 2 aliphatic heterocycles. The van der Waals surface area contributed by atoms with Gasteiger partial charge in [0.05, 0.1) is 24.3 Å². The first-order valence-electron chi connectivity index (χ1n) is 8.76. The average Bonchev–Trinajstić information content (AvgIpc) is 3.20. The Morgan fingerprint density at radius 3 is 2.50 bits per heavy atom. The predicted octanol–water partition coefficient (Wildman–Crippen LogP) is 2.45. The molecule has 6 nitrogen and oxygen atoms in total. The Labute approximate surface area is 156 Å². The van der Waals surface area contributed by atoms with Gasteiger partial charge in [0.15, 0.2) is 0 Å². The molecule has 2 fully saturated rings. The summed E-state index contributed by atoms with van der Waals surface area (Å²) in [5.74, 6) is 0.779. The second-order valence-corrected chi connectivity index (χ2v) is 7.68. The standard InChI is InChI=1S/C19H22N2O4S/c1-12-5-6-26-18(12)19(22)21-8-16-17(9-21)24-11-15(10-23-16)25-14-4-3-13(2)20-7-14/h3-7,15-17H,8-11H2,1-2H3/t16-,17-/m0/s1. The number of carbonyl (C=O) groups is 1. The van der Waals surface area contributed by atoms with E-state index in [0.29, 0.717) is 32.1 Å². The lowest BCUT2D eigenvalue weighted by Crippen LogP contribution is -2.32. The van der Waals surface area contributed by atoms with E-state index in [9.17, 15) is 4.79 Å². The van der Waals surface area contributed by atoms with Crippen molar-refractivity contribution < 1.29 is 19.0 Å². The van der Waals surface area contributed by atoms with E-state index >= 15 is 0 Å². The van der Waals surface area contributed by atoms with Crippen LogP contribution in [0.3, 0.4) is 0 Å². The van der Waals surface area contributed by atoms with Gasteiger partial charge >= 0.3 is 0 Å². The van der Waals surface area contributed by atoms with Gasteiger partial charge in [-0.05, 0) is 43.0 Å². The number of hydrogen-bond acceptors (Lipinski definition) is 6. The largest absolute Gasteiger partial charge is 0.484 e. The van der Waals surface area contributed by atoms with Crippen molar-refractivity contribution in [3.8, 4) is 5.75 Å². The fraction of sp³-hybridized carbons (Fsp3) is 0.474. The van der Waals surface area contributed by atoms with Gasteiger partial charge in [-0.1, -0.05) is 0 Å². The molecule has 2 aromatic heterocycles. The van der Waals surface area contributed by atoms with Crippen molar-refractivity contribution in [3.05, 3.63) is 45.9 Å². The summed E-state index contributed by atoms with van der Waals surface area (Å²) in [6.45, 7) is 5.89. The molecule has 0 radical (unpaired) electrons. The number of amides is 1. The Bertz CT molecular complexity index is 760. The highest BCUT2D eigenvalue weighted by atomic mass is 32.1. The van der Waals surface area contributed by atoms with Gasteiger partial charge in [-0.15, -0.1) is 11.3 Å². The molecule has 4 heterocycles. The van der Waals surface area contributed by atoms with Gasteiger partial charge in [0.1, 0.15) is 24.1 Å². The molecule has 0 N–H and O–H groups in total. The minimum Gasteiger partial charge on any atom is -0.484 e. The second-order valence-electron chi connectivity index (χ2n) is 6.76. The van der Waals surface area contributed by atoms with Gasteiger partial charge in [-0.3, -0.25) is 9.78 Å². The van der Waals surface area contributed by atoms with Gasteiger partial charge in [-0.2, -0.15) is 0 Å². The second kappa shape index (κ2) is 7.34. The zero-order valence-corrected chi connectivity index (χ0v) is 15.7. The van der Waals surface area contributed by atoms with E-state index in [2.05, 4.69) is 4.98 Å². The molecule has 2 aliphatic rings. The van der Waals surface area contributed by atoms with Crippen LogP contribution in [-0.4, -0.2) is 60.4 Å². The van der Waals surface area contributed by atoms with Crippen LogP contribution in [0.2, 0.25) is 0 Å². The molecule has 0 saturated carbocycles. The summed E-state index contributed by atoms with van der Waals surface area (Å²) >= 11 is 1.49. The Kier molecular flexibility index (Phi) is 4.93. The number of fused-ring (bicyclic) bond motifs is 1. The zero-order chi connectivity index (χ0) is 18.1. The summed E-state index contributed by atoms with van der Waals surface area (Å²) in [4.78, 5) is 19.6. The topological polar surface area (TPSA) is 60.9 Å². The molecule has 4 rings (SSSR count). The average molecular weight is 374 g/mol. The van der Waals surface area contributed by atoms with Crippen molar-refractivity contribution in [3.63, 3.8) is 0 Å². The maximum Gasteiger partial charge on any atom is 0.264 e. The van der Waals surface area contributed by atoms with Crippen LogP contribution < -0.4 is 4.74 Å². The van der Waals surface area contributed by atoms with Crippen LogP contribution in [0.25, 0.3) is 0 Å². The van der Waals surface area contributed by atoms with Crippen molar-refractivity contribution in [2.24, 2.45) is 0 Å². The van der Waals surface area contributed by atoms with Crippen molar-refractivity contribution >= 4 is 17.2 Å². The van der Waals surface area contributed by atoms with E-state index in [1.165, 1.54) is 11.3 Å². The van der Waals surface area contributed by atoms with Gasteiger partial charge in [0.2, 0.25) is 0 Å². The molecule has 0 aromatic carbocycles. The highest BCUT2D eigenvalue weighted by molar-refractivity contribution is 7.12. The van der Waals surface area contributed by atoms with Crippen LogP contribution in [0.1, 0.15) is 20.9 Å². The molecule has 138 valence electrons. The van der Waals surface area contributed by atoms with Crippen molar-refractivity contribution in [2.45, 2.75) is 32.2 Å². The molecule has 0 aliphatic carbocycles. The number of rotatable bonds is 3. The lowest BCUT2D eigenvalue weighted by atomic mass is 10.3. The molecule has 2 saturated heterocycles. The molecule has 7 heteroatoms. The molecule has 2 atom stereocenters. The predicted molar refractivity (Wildman–Crippen MR) is 97.8 cm³/mol. The van der Waals surface area contributed by atoms with Gasteiger partial charge < -0.3 is 19.1 Å². The highest BCUT2D eigenvalue weighted by Crippen LogP contribution is 2.25. The number of thiophene rings is 1. The third kappa shape index (κ3) is 3.60. The van der Waals surface area contributed by atoms with Crippen LogP contribution in [-0.2, 0) is 9.47 Å². The molecule has 2 aromatic rings. The highest BCUT2D eigenvalue weighted by Gasteiger charge is 2.40. The van der Waals surface area contributed by atoms with Crippen molar-refractivity contribution in [2.75, 3.05) is 26.3 Å². The Morgan fingerprint density at radius 1 is 1.19 bits per heavy atom. The van der Waals surface area contributed by atoms with E-state index in [0.717, 1.165) is 16.1 Å². The smallest absolute Gasteiger partial charge is 0.264 e. The normalized spacial score (nSPS) is 23.5. The molecule has 26 heavy (non-hydrogen) atoms. The summed E-state index contributed by atoms with van der Waals surface area (Å²) in [6, 6.07) is 5.79. The summed E-state index contributed by atoms with van der Waals surface area (Å²) in [5, 5.41) is 1.95. The van der Waals surface area contributed by atoms with E-state index < -0.39 is 0 Å². The number of aromatic nitrogens is 1. The number of carbonyl (C=O) groups excluding carboxylic acids is 1. The molecule has 0 spiro atoms. The summed E-state index contributed by atoms with van der Waals surface area (Å²) in [6.07, 6.45) is 1.33. The Morgan fingerprint density at radius 2 is 1.92 bits per heavy atom. The quantitative estimate of drug-likeness (QED) is 0.826. The summed E-state index contributed by atoms with van der Waals surface area (Å²) < 4.78 is 17.9. The third-order valence-electron chi connectivity index (χ3n) is 4.74. The molecule has 1 amide bonds. The first-order valence-corrected chi connectivity index (χ1v) is 9.64. The SMILES string of the molecule is Cc1ccc(OC2CO[C@H]3CN(C(=O)c4sccc4C)C[C@@H]3OC2)cn1. The minimum atomic E-state index is -0.172. The fourth-order valence-electron chi connectivity index (χ4n) is 3.26. The maximum atomic E-state index is 12.7. The number of hydrogen-bond donors (Lipinski definition) is 0. The van der Waals surface area contributed by atoms with Crippen molar-refractivity contribution in [1.82, 2.24) is 9.88 Å². The van der Waals surface area contributed by atoms with Crippen LogP contribution in [0.15, 0.2) is 29.8 Å². The number of aryl methyl sites for hydroxylation is 2. The fourth-order valence-corrected chi connectivity index (χ4v) is 4.15. The number of pyridine rings is 1. The first kappa shape index (κ1) is 17.5. The van der Waals surface area contributed by atoms with E-state index in [-0.39, 0.29) is 24.2 Å². The van der Waals surface area contributed by atoms with Crippen LogP contribution in [0.4, 0.5) is 0 Å². The van der Waals surface area contributed by atoms with Crippen LogP contribution >= 0.6 is 11.3 Å². The monoisotopic (exact) mass is 374 g/mol. The Hall–Kier alpha value is -1.96. The molecule has 0 bridgehead atoms. The lowest BCUT2D eigenvalue weighted by molar-refractivity contribution is -0.00461. The van der Waals surface area contributed by atoms with Crippen molar-refractivity contribution in [1.29, 1.82) is 0 Å². The third-order valence-corrected chi connectivity index (χ3v) is 5.74. The minimum absolute atomic E-state index is 0.0660. The van der Waals surface area contributed by atoms with Crippen LogP contribution in [0.5, 0.6) is 5.75 Å². The van der Waals surface area contributed by atoms with E-state index in [1.54, 1.807) is 6.20 Å². The summed E-state index contributed by atoms with van der Waals surface area (Å²) in [5.41, 5.74) is 1.97. The Balaban J connectivity index is 1.35. The lowest BCUT2D eigenvalue weighted by Gasteiger charge is -2.19. The first-order chi connectivity index (χ1) is 12.6. The maximum absolute atomic E-state index is 12.7. The number of ether oxygens (including phenoxy) is 3. The molecular weight excluding hydrogens is 352 g/mol. The van der Waals surface area contributed by atoms with Crippen LogP contribution in [0, 0.1) is 13.8 Å². The van der Waals surface area contributed by atoms with E-state index in [4.69, 9.17) is 14.2 Å². The number of nitrogens with zero attached hydrogens (tertiary/aromatic N) is 2. The zero-order valence-electron chi connectivity index (χ0n) is 14.9. The molecule has 0 unspecified atom stereocenters. The molecular formula is C19H22N2O4S. The summed E-state index contributed by atoms with van der Waals surface area (Å²) in [7, 11) is 0.